The maximum absolute atomic E-state index is 3.76. The van der Waals surface area contributed by atoms with Crippen LogP contribution in [0.3, 0.4) is 0 Å². The van der Waals surface area contributed by atoms with Crippen LogP contribution >= 0.6 is 0 Å². The van der Waals surface area contributed by atoms with Gasteiger partial charge in [0, 0.05) is 0 Å². The Labute approximate surface area is 102 Å². The fraction of sp³-hybridized carbons (Fsp3) is 0.0588. The minimum absolute atomic E-state index is 0.938. The monoisotopic (exact) mass is 218 g/mol. The first-order valence-corrected chi connectivity index (χ1v) is 5.89. The molecule has 0 spiro atoms. The summed E-state index contributed by atoms with van der Waals surface area (Å²) >= 11 is 0. The number of fused-ring (bicyclic) bond motifs is 1. The van der Waals surface area contributed by atoms with Crippen LogP contribution in [0.4, 0.5) is 0 Å². The number of hydrogen-bond acceptors (Lipinski definition) is 0. The lowest BCUT2D eigenvalue weighted by Crippen LogP contribution is -1.90. The summed E-state index contributed by atoms with van der Waals surface area (Å²) in [5.41, 5.74) is 6.57. The van der Waals surface area contributed by atoms with Crippen molar-refractivity contribution in [2.24, 2.45) is 0 Å². The molecule has 0 bridgehead atoms. The second kappa shape index (κ2) is 4.06. The van der Waals surface area contributed by atoms with E-state index in [0.717, 1.165) is 6.42 Å². The van der Waals surface area contributed by atoms with Crippen LogP contribution in [-0.2, 0) is 6.42 Å². The van der Waals surface area contributed by atoms with Crippen LogP contribution in [-0.4, -0.2) is 0 Å². The molecule has 1 aliphatic rings. The molecule has 3 rings (SSSR count). The summed E-state index contributed by atoms with van der Waals surface area (Å²) in [5, 5.41) is 0. The Bertz CT molecular complexity index is 586. The van der Waals surface area contributed by atoms with Gasteiger partial charge in [-0.25, -0.2) is 0 Å². The predicted octanol–water partition coefficient (Wildman–Crippen LogP) is 4.57. The average molecular weight is 218 g/mol. The van der Waals surface area contributed by atoms with E-state index in [-0.39, 0.29) is 0 Å². The van der Waals surface area contributed by atoms with Crippen molar-refractivity contribution >= 4 is 12.2 Å². The van der Waals surface area contributed by atoms with Crippen molar-refractivity contribution in [3.8, 4) is 11.1 Å². The third-order valence-electron chi connectivity index (χ3n) is 3.20. The molecular weight excluding hydrogens is 204 g/mol. The molecule has 82 valence electrons. The van der Waals surface area contributed by atoms with Crippen molar-refractivity contribution in [2.45, 2.75) is 6.42 Å². The molecule has 0 saturated carbocycles. The van der Waals surface area contributed by atoms with Gasteiger partial charge in [-0.1, -0.05) is 54.6 Å². The van der Waals surface area contributed by atoms with Crippen LogP contribution < -0.4 is 0 Å². The van der Waals surface area contributed by atoms with E-state index in [4.69, 9.17) is 0 Å². The second-order valence-corrected chi connectivity index (χ2v) is 4.37. The molecule has 0 aliphatic heterocycles. The van der Waals surface area contributed by atoms with Crippen molar-refractivity contribution in [3.05, 3.63) is 71.8 Å². The molecule has 0 heteroatoms. The Morgan fingerprint density at radius 3 is 2.12 bits per heavy atom. The van der Waals surface area contributed by atoms with Crippen LogP contribution in [0.1, 0.15) is 16.7 Å². The number of rotatable bonds is 3. The van der Waals surface area contributed by atoms with Gasteiger partial charge in [0.05, 0.1) is 0 Å². The van der Waals surface area contributed by atoms with Gasteiger partial charge in [-0.05, 0) is 40.3 Å². The lowest BCUT2D eigenvalue weighted by Gasteiger charge is -2.12. The summed E-state index contributed by atoms with van der Waals surface area (Å²) in [6.07, 6.45) is 7.18. The van der Waals surface area contributed by atoms with Crippen molar-refractivity contribution in [1.29, 1.82) is 0 Å². The highest BCUT2D eigenvalue weighted by Crippen LogP contribution is 2.29. The molecule has 2 aromatic carbocycles. The van der Waals surface area contributed by atoms with E-state index in [0.29, 0.717) is 0 Å². The quantitative estimate of drug-likeness (QED) is 0.565. The van der Waals surface area contributed by atoms with Crippen LogP contribution in [0.25, 0.3) is 23.3 Å². The number of hydrogen-bond donors (Lipinski definition) is 0. The van der Waals surface area contributed by atoms with Gasteiger partial charge >= 0.3 is 0 Å². The summed E-state index contributed by atoms with van der Waals surface area (Å²) in [6.45, 7) is 3.76. The van der Waals surface area contributed by atoms with E-state index in [1.54, 1.807) is 0 Å². The van der Waals surface area contributed by atoms with E-state index >= 15 is 0 Å². The molecule has 0 amide bonds. The first-order valence-electron chi connectivity index (χ1n) is 5.89. The minimum Gasteiger partial charge on any atom is -0.103 e. The fourth-order valence-corrected chi connectivity index (χ4v) is 2.13. The smallest absolute Gasteiger partial charge is 0.0100 e. The molecule has 1 aliphatic carbocycles. The van der Waals surface area contributed by atoms with Gasteiger partial charge in [-0.3, -0.25) is 0 Å². The van der Waals surface area contributed by atoms with Gasteiger partial charge in [-0.15, -0.1) is 6.58 Å². The summed E-state index contributed by atoms with van der Waals surface area (Å²) in [7, 11) is 0. The molecule has 0 aromatic heterocycles. The lowest BCUT2D eigenvalue weighted by atomic mass is 9.93. The highest BCUT2D eigenvalue weighted by molar-refractivity contribution is 5.88. The Balaban J connectivity index is 1.93. The second-order valence-electron chi connectivity index (χ2n) is 4.37. The van der Waals surface area contributed by atoms with Crippen LogP contribution in [0.15, 0.2) is 55.1 Å². The van der Waals surface area contributed by atoms with Gasteiger partial charge in [0.1, 0.15) is 0 Å². The summed E-state index contributed by atoms with van der Waals surface area (Å²) in [5.74, 6) is 0. The Morgan fingerprint density at radius 2 is 1.53 bits per heavy atom. The van der Waals surface area contributed by atoms with Gasteiger partial charge in [-0.2, -0.15) is 0 Å². The van der Waals surface area contributed by atoms with Gasteiger partial charge in [0.25, 0.3) is 0 Å². The molecule has 0 fully saturated rings. The van der Waals surface area contributed by atoms with Gasteiger partial charge in [0.15, 0.2) is 0 Å². The highest BCUT2D eigenvalue weighted by atomic mass is 14.1. The molecule has 0 radical (unpaired) electrons. The Morgan fingerprint density at radius 1 is 0.824 bits per heavy atom. The first-order chi connectivity index (χ1) is 8.36. The molecule has 0 heterocycles. The van der Waals surface area contributed by atoms with Crippen LogP contribution in [0.5, 0.6) is 0 Å². The number of allylic oxidation sites excluding steroid dienone is 1. The summed E-state index contributed by atoms with van der Waals surface area (Å²) in [4.78, 5) is 0. The van der Waals surface area contributed by atoms with Crippen LogP contribution in [0.2, 0.25) is 0 Å². The Hall–Kier alpha value is -2.08. The first kappa shape index (κ1) is 10.1. The average Bonchev–Trinajstić information content (AvgIpc) is 2.33. The van der Waals surface area contributed by atoms with E-state index in [1.165, 1.54) is 27.8 Å². The third-order valence-corrected chi connectivity index (χ3v) is 3.20. The van der Waals surface area contributed by atoms with E-state index < -0.39 is 0 Å². The van der Waals surface area contributed by atoms with Gasteiger partial charge < -0.3 is 0 Å². The molecule has 0 nitrogen and oxygen atoms in total. The highest BCUT2D eigenvalue weighted by Gasteiger charge is 2.06. The topological polar surface area (TPSA) is 0 Å². The summed E-state index contributed by atoms with van der Waals surface area (Å²) in [6, 6.07) is 15.3. The van der Waals surface area contributed by atoms with Gasteiger partial charge in [0.2, 0.25) is 0 Å². The molecule has 17 heavy (non-hydrogen) atoms. The molecule has 0 unspecified atom stereocenters. The zero-order valence-electron chi connectivity index (χ0n) is 9.69. The van der Waals surface area contributed by atoms with E-state index in [2.05, 4.69) is 61.2 Å². The van der Waals surface area contributed by atoms with Crippen LogP contribution in [0, 0.1) is 0 Å². The van der Waals surface area contributed by atoms with E-state index in [1.807, 2.05) is 6.08 Å². The zero-order chi connectivity index (χ0) is 11.7. The van der Waals surface area contributed by atoms with Crippen molar-refractivity contribution in [2.75, 3.05) is 0 Å². The lowest BCUT2D eigenvalue weighted by molar-refractivity contribution is 1.28. The minimum atomic E-state index is 0.938. The number of benzene rings is 2. The van der Waals surface area contributed by atoms with Crippen molar-refractivity contribution in [3.63, 3.8) is 0 Å². The molecule has 0 saturated heterocycles. The predicted molar refractivity (Wildman–Crippen MR) is 74.7 cm³/mol. The largest absolute Gasteiger partial charge is 0.103 e. The maximum Gasteiger partial charge on any atom is -0.0100 e. The van der Waals surface area contributed by atoms with Crippen molar-refractivity contribution in [1.82, 2.24) is 0 Å². The SMILES string of the molecule is C=CCc1ccc(-c2ccc3c(c2)C=C3)cc1. The maximum atomic E-state index is 3.76. The standard InChI is InChI=1S/C17H14/c1-2-3-13-4-6-14(7-5-13)16-10-8-15-9-11-17(15)12-16/h2,4-12H,1,3H2. The zero-order valence-corrected chi connectivity index (χ0v) is 9.69. The molecule has 0 N–H and O–H groups in total. The molecule has 0 atom stereocenters. The Kier molecular flexibility index (Phi) is 2.41. The fourth-order valence-electron chi connectivity index (χ4n) is 2.13. The molecule has 2 aromatic rings. The summed E-state index contributed by atoms with van der Waals surface area (Å²) < 4.78 is 0. The molecular formula is C17H14. The van der Waals surface area contributed by atoms with Crippen molar-refractivity contribution < 1.29 is 0 Å². The van der Waals surface area contributed by atoms with E-state index in [9.17, 15) is 0 Å². The third kappa shape index (κ3) is 1.83. The normalized spacial score (nSPS) is 11.8.